The molecule has 7 nitrogen and oxygen atoms in total. The van der Waals surface area contributed by atoms with Gasteiger partial charge in [-0.3, -0.25) is 0 Å². The van der Waals surface area contributed by atoms with E-state index in [-0.39, 0.29) is 11.7 Å². The lowest BCUT2D eigenvalue weighted by atomic mass is 10.5. The summed E-state index contributed by atoms with van der Waals surface area (Å²) in [6.07, 6.45) is 1.51. The molecule has 0 aliphatic heterocycles. The predicted octanol–water partition coefficient (Wildman–Crippen LogP) is -0.186. The SMILES string of the molecule is O=C(Oc1ccccn1)c1nn[nH]n1. The molecule has 0 radical (unpaired) electrons. The van der Waals surface area contributed by atoms with Gasteiger partial charge in [0.2, 0.25) is 5.88 Å². The number of esters is 1. The molecule has 0 saturated carbocycles. The van der Waals surface area contributed by atoms with Crippen LogP contribution >= 0.6 is 0 Å². The Hall–Kier alpha value is -2.31. The summed E-state index contributed by atoms with van der Waals surface area (Å²) in [5, 5.41) is 12.3. The van der Waals surface area contributed by atoms with Crippen molar-refractivity contribution in [3.63, 3.8) is 0 Å². The first kappa shape index (κ1) is 8.30. The Kier molecular flexibility index (Phi) is 2.14. The van der Waals surface area contributed by atoms with Crippen molar-refractivity contribution in [2.24, 2.45) is 0 Å². The van der Waals surface area contributed by atoms with Crippen LogP contribution in [0.25, 0.3) is 0 Å². The van der Waals surface area contributed by atoms with E-state index in [4.69, 9.17) is 4.74 Å². The largest absolute Gasteiger partial charge is 0.401 e. The summed E-state index contributed by atoms with van der Waals surface area (Å²) in [6, 6.07) is 4.97. The third kappa shape index (κ3) is 1.71. The van der Waals surface area contributed by atoms with Gasteiger partial charge in [-0.2, -0.15) is 5.21 Å². The average molecular weight is 191 g/mol. The molecule has 0 saturated heterocycles. The van der Waals surface area contributed by atoms with Crippen LogP contribution in [-0.2, 0) is 0 Å². The van der Waals surface area contributed by atoms with Crippen LogP contribution < -0.4 is 4.74 Å². The van der Waals surface area contributed by atoms with Crippen molar-refractivity contribution < 1.29 is 9.53 Å². The number of aromatic nitrogens is 5. The van der Waals surface area contributed by atoms with E-state index in [0.29, 0.717) is 0 Å². The molecule has 0 bridgehead atoms. The summed E-state index contributed by atoms with van der Waals surface area (Å²) in [5.74, 6) is -0.629. The number of hydrogen-bond donors (Lipinski definition) is 1. The fraction of sp³-hybridized carbons (Fsp3) is 0. The van der Waals surface area contributed by atoms with Crippen molar-refractivity contribution in [1.82, 2.24) is 25.6 Å². The van der Waals surface area contributed by atoms with E-state index >= 15 is 0 Å². The second kappa shape index (κ2) is 3.60. The molecular weight excluding hydrogens is 186 g/mol. The Balaban J connectivity index is 2.10. The van der Waals surface area contributed by atoms with E-state index in [0.717, 1.165) is 0 Å². The quantitative estimate of drug-likeness (QED) is 0.661. The molecule has 2 rings (SSSR count). The highest BCUT2D eigenvalue weighted by atomic mass is 16.5. The maximum absolute atomic E-state index is 11.2. The minimum atomic E-state index is -0.697. The molecule has 0 aromatic carbocycles. The number of pyridine rings is 1. The van der Waals surface area contributed by atoms with Gasteiger partial charge in [-0.15, -0.1) is 10.2 Å². The Morgan fingerprint density at radius 2 is 2.36 bits per heavy atom. The van der Waals surface area contributed by atoms with Crippen LogP contribution in [0.3, 0.4) is 0 Å². The number of H-pyrrole nitrogens is 1. The molecule has 1 N–H and O–H groups in total. The van der Waals surface area contributed by atoms with Crippen LogP contribution in [0.1, 0.15) is 10.6 Å². The third-order valence-corrected chi connectivity index (χ3v) is 1.36. The number of tetrazole rings is 1. The second-order valence-electron chi connectivity index (χ2n) is 2.29. The number of aromatic amines is 1. The Morgan fingerprint density at radius 1 is 1.43 bits per heavy atom. The van der Waals surface area contributed by atoms with Gasteiger partial charge in [0.05, 0.1) is 0 Å². The highest BCUT2D eigenvalue weighted by Gasteiger charge is 2.13. The molecule has 70 valence electrons. The fourth-order valence-electron chi connectivity index (χ4n) is 0.796. The summed E-state index contributed by atoms with van der Waals surface area (Å²) < 4.78 is 4.82. The maximum Gasteiger partial charge on any atom is 0.386 e. The Labute approximate surface area is 78.1 Å². The van der Waals surface area contributed by atoms with E-state index in [9.17, 15) is 4.79 Å². The zero-order valence-corrected chi connectivity index (χ0v) is 6.91. The number of hydrogen-bond acceptors (Lipinski definition) is 6. The maximum atomic E-state index is 11.2. The number of carbonyl (C=O) groups excluding carboxylic acids is 1. The van der Waals surface area contributed by atoms with Gasteiger partial charge in [0, 0.05) is 12.3 Å². The molecular formula is C7H5N5O2. The lowest BCUT2D eigenvalue weighted by Gasteiger charge is -1.97. The lowest BCUT2D eigenvalue weighted by molar-refractivity contribution is 0.0714. The van der Waals surface area contributed by atoms with Crippen LogP contribution in [0.15, 0.2) is 24.4 Å². The van der Waals surface area contributed by atoms with Crippen LogP contribution in [-0.4, -0.2) is 31.6 Å². The van der Waals surface area contributed by atoms with E-state index in [1.807, 2.05) is 0 Å². The topological polar surface area (TPSA) is 93.6 Å². The highest BCUT2D eigenvalue weighted by Crippen LogP contribution is 2.04. The van der Waals surface area contributed by atoms with Crippen molar-refractivity contribution in [3.8, 4) is 5.88 Å². The normalized spacial score (nSPS) is 9.71. The van der Waals surface area contributed by atoms with Crippen molar-refractivity contribution in [2.75, 3.05) is 0 Å². The van der Waals surface area contributed by atoms with E-state index in [1.165, 1.54) is 6.20 Å². The fourth-order valence-corrected chi connectivity index (χ4v) is 0.796. The van der Waals surface area contributed by atoms with E-state index in [1.54, 1.807) is 18.2 Å². The zero-order valence-electron chi connectivity index (χ0n) is 6.91. The van der Waals surface area contributed by atoms with E-state index in [2.05, 4.69) is 25.6 Å². The molecule has 2 aromatic heterocycles. The van der Waals surface area contributed by atoms with Gasteiger partial charge in [-0.05, 0) is 11.3 Å². The molecule has 0 atom stereocenters. The number of carbonyl (C=O) groups is 1. The molecule has 0 fully saturated rings. The van der Waals surface area contributed by atoms with Gasteiger partial charge in [0.25, 0.3) is 5.82 Å². The molecule has 0 aliphatic carbocycles. The average Bonchev–Trinajstić information content (AvgIpc) is 2.72. The monoisotopic (exact) mass is 191 g/mol. The predicted molar refractivity (Wildman–Crippen MR) is 43.4 cm³/mol. The van der Waals surface area contributed by atoms with Crippen LogP contribution in [0.4, 0.5) is 0 Å². The second-order valence-corrected chi connectivity index (χ2v) is 2.29. The van der Waals surface area contributed by atoms with Gasteiger partial charge in [0.15, 0.2) is 0 Å². The molecule has 0 amide bonds. The first-order valence-corrected chi connectivity index (χ1v) is 3.73. The van der Waals surface area contributed by atoms with Crippen molar-refractivity contribution in [1.29, 1.82) is 0 Å². The van der Waals surface area contributed by atoms with Gasteiger partial charge in [-0.1, -0.05) is 6.07 Å². The smallest absolute Gasteiger partial charge is 0.386 e. The molecule has 2 heterocycles. The summed E-state index contributed by atoms with van der Waals surface area (Å²) >= 11 is 0. The number of nitrogens with one attached hydrogen (secondary N) is 1. The molecule has 7 heteroatoms. The zero-order chi connectivity index (χ0) is 9.80. The van der Waals surface area contributed by atoms with Crippen LogP contribution in [0.5, 0.6) is 5.88 Å². The molecule has 0 aliphatic rings. The van der Waals surface area contributed by atoms with Crippen molar-refractivity contribution in [2.45, 2.75) is 0 Å². The minimum Gasteiger partial charge on any atom is -0.401 e. The molecule has 14 heavy (non-hydrogen) atoms. The first-order valence-electron chi connectivity index (χ1n) is 3.73. The number of rotatable bonds is 2. The van der Waals surface area contributed by atoms with Crippen LogP contribution in [0.2, 0.25) is 0 Å². The highest BCUT2D eigenvalue weighted by molar-refractivity contribution is 5.86. The number of ether oxygens (including phenoxy) is 1. The third-order valence-electron chi connectivity index (χ3n) is 1.36. The Morgan fingerprint density at radius 3 is 3.00 bits per heavy atom. The van der Waals surface area contributed by atoms with Gasteiger partial charge < -0.3 is 4.74 Å². The van der Waals surface area contributed by atoms with Gasteiger partial charge >= 0.3 is 5.97 Å². The summed E-state index contributed by atoms with van der Waals surface area (Å²) in [6.45, 7) is 0. The van der Waals surface area contributed by atoms with Crippen molar-refractivity contribution >= 4 is 5.97 Å². The summed E-state index contributed by atoms with van der Waals surface area (Å²) in [5.41, 5.74) is 0. The van der Waals surface area contributed by atoms with Gasteiger partial charge in [0.1, 0.15) is 0 Å². The van der Waals surface area contributed by atoms with E-state index < -0.39 is 5.97 Å². The van der Waals surface area contributed by atoms with Crippen LogP contribution in [0, 0.1) is 0 Å². The number of nitrogens with zero attached hydrogens (tertiary/aromatic N) is 4. The summed E-state index contributed by atoms with van der Waals surface area (Å²) in [4.78, 5) is 15.0. The summed E-state index contributed by atoms with van der Waals surface area (Å²) in [7, 11) is 0. The molecule has 2 aromatic rings. The minimum absolute atomic E-state index is 0.129. The molecule has 0 unspecified atom stereocenters. The Bertz CT molecular complexity index is 413. The van der Waals surface area contributed by atoms with Crippen molar-refractivity contribution in [3.05, 3.63) is 30.2 Å². The molecule has 0 spiro atoms. The first-order chi connectivity index (χ1) is 6.86. The van der Waals surface area contributed by atoms with Gasteiger partial charge in [-0.25, -0.2) is 9.78 Å². The standard InChI is InChI=1S/C7H5N5O2/c13-7(6-9-11-12-10-6)14-5-3-1-2-4-8-5/h1-4H,(H,9,10,11,12). The lowest BCUT2D eigenvalue weighted by Crippen LogP contribution is -2.11.